The molecule has 0 bridgehead atoms. The van der Waals surface area contributed by atoms with E-state index in [1.165, 1.54) is 16.9 Å². The number of hydrogen-bond acceptors (Lipinski definition) is 7. The van der Waals surface area contributed by atoms with Gasteiger partial charge in [-0.05, 0) is 25.5 Å². The van der Waals surface area contributed by atoms with Gasteiger partial charge in [0, 0.05) is 35.5 Å². The van der Waals surface area contributed by atoms with Gasteiger partial charge in [0.2, 0.25) is 5.91 Å². The summed E-state index contributed by atoms with van der Waals surface area (Å²) in [5.41, 5.74) is 4.11. The van der Waals surface area contributed by atoms with Gasteiger partial charge in [0.05, 0.1) is 31.0 Å². The van der Waals surface area contributed by atoms with Crippen LogP contribution in [0.3, 0.4) is 0 Å². The number of rotatable bonds is 6. The van der Waals surface area contributed by atoms with E-state index >= 15 is 0 Å². The lowest BCUT2D eigenvalue weighted by atomic mass is 10.1. The molecule has 0 spiro atoms. The monoisotopic (exact) mass is 428 g/mol. The summed E-state index contributed by atoms with van der Waals surface area (Å²) in [7, 11) is 0. The minimum Gasteiger partial charge on any atom is -0.379 e. The van der Waals surface area contributed by atoms with E-state index in [4.69, 9.17) is 4.74 Å². The average Bonchev–Trinajstić information content (AvgIpc) is 3.29. The van der Waals surface area contributed by atoms with Gasteiger partial charge in [0.1, 0.15) is 5.01 Å². The number of hydrogen-bond donors (Lipinski definition) is 1. The van der Waals surface area contributed by atoms with Crippen molar-refractivity contribution in [2.75, 3.05) is 31.6 Å². The minimum atomic E-state index is -0.0864. The van der Waals surface area contributed by atoms with Gasteiger partial charge in [-0.1, -0.05) is 18.2 Å². The number of morpholine rings is 1. The minimum absolute atomic E-state index is 0.0864. The fourth-order valence-electron chi connectivity index (χ4n) is 3.20. The molecule has 1 N–H and O–H groups in total. The Balaban J connectivity index is 1.39. The van der Waals surface area contributed by atoms with E-state index in [2.05, 4.69) is 44.5 Å². The summed E-state index contributed by atoms with van der Waals surface area (Å²) in [6.07, 6.45) is 0.252. The van der Waals surface area contributed by atoms with Crippen molar-refractivity contribution in [2.45, 2.75) is 26.8 Å². The van der Waals surface area contributed by atoms with E-state index in [-0.39, 0.29) is 12.3 Å². The second kappa shape index (κ2) is 9.13. The molecule has 6 nitrogen and oxygen atoms in total. The van der Waals surface area contributed by atoms with Crippen LogP contribution < -0.4 is 5.32 Å². The highest BCUT2D eigenvalue weighted by Crippen LogP contribution is 2.26. The molecule has 1 aromatic carbocycles. The summed E-state index contributed by atoms with van der Waals surface area (Å²) in [4.78, 5) is 24.9. The van der Waals surface area contributed by atoms with Gasteiger partial charge in [-0.2, -0.15) is 0 Å². The zero-order valence-corrected chi connectivity index (χ0v) is 18.2. The molecule has 8 heteroatoms. The Morgan fingerprint density at radius 1 is 1.24 bits per heavy atom. The topological polar surface area (TPSA) is 67.4 Å². The highest BCUT2D eigenvalue weighted by atomic mass is 32.1. The Bertz CT molecular complexity index is 973. The maximum absolute atomic E-state index is 12.3. The predicted molar refractivity (Wildman–Crippen MR) is 118 cm³/mol. The maximum atomic E-state index is 12.3. The summed E-state index contributed by atoms with van der Waals surface area (Å²) in [6, 6.07) is 8.50. The normalized spacial score (nSPS) is 14.8. The molecule has 152 valence electrons. The fraction of sp³-hybridized carbons (Fsp3) is 0.381. The van der Waals surface area contributed by atoms with E-state index in [1.807, 2.05) is 19.2 Å². The molecule has 0 radical (unpaired) electrons. The lowest BCUT2D eigenvalue weighted by Crippen LogP contribution is -2.35. The number of aryl methyl sites for hydroxylation is 2. The second-order valence-electron chi connectivity index (χ2n) is 7.12. The Labute approximate surface area is 178 Å². The van der Waals surface area contributed by atoms with Gasteiger partial charge in [-0.3, -0.25) is 9.69 Å². The molecule has 0 unspecified atom stereocenters. The van der Waals surface area contributed by atoms with Crippen LogP contribution in [0.1, 0.15) is 21.8 Å². The first-order valence-corrected chi connectivity index (χ1v) is 11.3. The number of thiazole rings is 2. The first-order chi connectivity index (χ1) is 14.1. The third-order valence-electron chi connectivity index (χ3n) is 4.85. The molecule has 4 rings (SSSR count). The largest absolute Gasteiger partial charge is 0.379 e. The molecule has 1 aliphatic rings. The van der Waals surface area contributed by atoms with Gasteiger partial charge < -0.3 is 10.1 Å². The van der Waals surface area contributed by atoms with Crippen LogP contribution in [-0.2, 0) is 22.5 Å². The molecular weight excluding hydrogens is 404 g/mol. The van der Waals surface area contributed by atoms with Crippen molar-refractivity contribution < 1.29 is 9.53 Å². The van der Waals surface area contributed by atoms with Crippen LogP contribution in [0.25, 0.3) is 10.6 Å². The summed E-state index contributed by atoms with van der Waals surface area (Å²) in [5.74, 6) is -0.0864. The molecule has 2 aromatic heterocycles. The van der Waals surface area contributed by atoms with Gasteiger partial charge in [-0.25, -0.2) is 9.97 Å². The molecule has 1 aliphatic heterocycles. The number of carbonyl (C=O) groups is 1. The predicted octanol–water partition coefficient (Wildman–Crippen LogP) is 3.90. The summed E-state index contributed by atoms with van der Waals surface area (Å²) >= 11 is 3.07. The molecule has 0 atom stereocenters. The molecule has 29 heavy (non-hydrogen) atoms. The smallest absolute Gasteiger partial charge is 0.232 e. The van der Waals surface area contributed by atoms with Crippen molar-refractivity contribution in [2.24, 2.45) is 0 Å². The Kier molecular flexibility index (Phi) is 6.34. The van der Waals surface area contributed by atoms with E-state index in [0.29, 0.717) is 5.13 Å². The van der Waals surface area contributed by atoms with E-state index in [9.17, 15) is 4.79 Å². The molecular formula is C21H24N4O2S2. The van der Waals surface area contributed by atoms with E-state index in [1.54, 1.807) is 11.3 Å². The Morgan fingerprint density at radius 2 is 2.07 bits per heavy atom. The van der Waals surface area contributed by atoms with Crippen LogP contribution in [0.15, 0.2) is 29.6 Å². The third-order valence-corrected chi connectivity index (χ3v) is 6.78. The third kappa shape index (κ3) is 5.27. The standard InChI is InChI=1S/C21H24N4O2S2/c1-14-15(2)29-21(22-14)24-19(26)11-18-13-28-20(23-18)17-5-3-4-16(10-17)12-25-6-8-27-9-7-25/h3-5,10,13H,6-9,11-12H2,1-2H3,(H,22,24,26). The molecule has 0 saturated carbocycles. The van der Waals surface area contributed by atoms with Gasteiger partial charge in [0.15, 0.2) is 5.13 Å². The highest BCUT2D eigenvalue weighted by Gasteiger charge is 2.14. The number of amides is 1. The van der Waals surface area contributed by atoms with Crippen molar-refractivity contribution in [1.29, 1.82) is 0 Å². The van der Waals surface area contributed by atoms with Crippen LogP contribution in [0.2, 0.25) is 0 Å². The fourth-order valence-corrected chi connectivity index (χ4v) is 4.84. The van der Waals surface area contributed by atoms with Gasteiger partial charge >= 0.3 is 0 Å². The van der Waals surface area contributed by atoms with Crippen LogP contribution in [0.5, 0.6) is 0 Å². The number of carbonyl (C=O) groups excluding carboxylic acids is 1. The molecule has 1 saturated heterocycles. The van der Waals surface area contributed by atoms with Crippen LogP contribution >= 0.6 is 22.7 Å². The molecule has 3 heterocycles. The summed E-state index contributed by atoms with van der Waals surface area (Å²) < 4.78 is 5.42. The van der Waals surface area contributed by atoms with Crippen molar-refractivity contribution in [3.63, 3.8) is 0 Å². The number of nitrogens with one attached hydrogen (secondary N) is 1. The van der Waals surface area contributed by atoms with Crippen LogP contribution in [-0.4, -0.2) is 47.1 Å². The van der Waals surface area contributed by atoms with Gasteiger partial charge in [-0.15, -0.1) is 22.7 Å². The molecule has 1 amide bonds. The Morgan fingerprint density at radius 3 is 2.83 bits per heavy atom. The van der Waals surface area contributed by atoms with Crippen LogP contribution in [0.4, 0.5) is 5.13 Å². The first kappa shape index (κ1) is 20.2. The van der Waals surface area contributed by atoms with E-state index in [0.717, 1.165) is 59.7 Å². The lowest BCUT2D eigenvalue weighted by molar-refractivity contribution is -0.115. The average molecular weight is 429 g/mol. The number of anilines is 1. The van der Waals surface area contributed by atoms with Crippen molar-refractivity contribution in [3.05, 3.63) is 51.5 Å². The SMILES string of the molecule is Cc1nc(NC(=O)Cc2csc(-c3cccc(CN4CCOCC4)c3)n2)sc1C. The van der Waals surface area contributed by atoms with E-state index < -0.39 is 0 Å². The summed E-state index contributed by atoms with van der Waals surface area (Å²) in [5, 5.41) is 6.42. The molecule has 3 aromatic rings. The lowest BCUT2D eigenvalue weighted by Gasteiger charge is -2.26. The second-order valence-corrected chi connectivity index (χ2v) is 9.18. The van der Waals surface area contributed by atoms with Crippen LogP contribution in [0, 0.1) is 13.8 Å². The van der Waals surface area contributed by atoms with Crippen molar-refractivity contribution >= 4 is 33.7 Å². The zero-order valence-electron chi connectivity index (χ0n) is 16.6. The number of benzene rings is 1. The number of nitrogens with zero attached hydrogens (tertiary/aromatic N) is 3. The highest BCUT2D eigenvalue weighted by molar-refractivity contribution is 7.15. The quantitative estimate of drug-likeness (QED) is 0.645. The maximum Gasteiger partial charge on any atom is 0.232 e. The van der Waals surface area contributed by atoms with Crippen molar-refractivity contribution in [3.8, 4) is 10.6 Å². The van der Waals surface area contributed by atoms with Gasteiger partial charge in [0.25, 0.3) is 0 Å². The summed E-state index contributed by atoms with van der Waals surface area (Å²) in [6.45, 7) is 8.42. The van der Waals surface area contributed by atoms with Crippen molar-refractivity contribution in [1.82, 2.24) is 14.9 Å². The zero-order chi connectivity index (χ0) is 20.2. The Hall–Kier alpha value is -2.13. The first-order valence-electron chi connectivity index (χ1n) is 9.64. The number of ether oxygens (including phenoxy) is 1. The molecule has 0 aliphatic carbocycles. The molecule has 1 fully saturated rings. The number of aromatic nitrogens is 2.